The average Bonchev–Trinajstić information content (AvgIpc) is 2.19. The lowest BCUT2D eigenvalue weighted by molar-refractivity contribution is -0.203. The second kappa shape index (κ2) is 5.11. The summed E-state index contributed by atoms with van der Waals surface area (Å²) in [6.45, 7) is 5.01. The van der Waals surface area contributed by atoms with Crippen LogP contribution in [-0.4, -0.2) is 54.7 Å². The van der Waals surface area contributed by atoms with Gasteiger partial charge in [-0.2, -0.15) is 0 Å². The van der Waals surface area contributed by atoms with Crippen LogP contribution < -0.4 is 5.32 Å². The number of ether oxygens (including phenoxy) is 3. The van der Waals surface area contributed by atoms with Gasteiger partial charge in [0.05, 0.1) is 20.3 Å². The topological polar surface area (TPSA) is 94.1 Å². The average molecular weight is 261 g/mol. The lowest BCUT2D eigenvalue weighted by atomic mass is 9.92. The summed E-state index contributed by atoms with van der Waals surface area (Å²) < 4.78 is 14.4. The van der Waals surface area contributed by atoms with Crippen LogP contribution in [0.2, 0.25) is 0 Å². The van der Waals surface area contributed by atoms with Crippen molar-refractivity contribution in [3.05, 3.63) is 0 Å². The molecule has 1 heterocycles. The van der Waals surface area contributed by atoms with Crippen molar-refractivity contribution in [1.82, 2.24) is 5.32 Å². The van der Waals surface area contributed by atoms with Gasteiger partial charge in [0.2, 0.25) is 0 Å². The van der Waals surface area contributed by atoms with E-state index in [1.54, 1.807) is 20.8 Å². The zero-order chi connectivity index (χ0) is 14.0. The quantitative estimate of drug-likeness (QED) is 0.684. The zero-order valence-corrected chi connectivity index (χ0v) is 11.0. The Kier molecular flexibility index (Phi) is 4.18. The number of esters is 1. The number of hydrogen-bond donors (Lipinski definition) is 2. The van der Waals surface area contributed by atoms with E-state index < -0.39 is 29.3 Å². The van der Waals surface area contributed by atoms with E-state index >= 15 is 0 Å². The molecule has 1 fully saturated rings. The van der Waals surface area contributed by atoms with Gasteiger partial charge in [-0.05, 0) is 20.8 Å². The summed E-state index contributed by atoms with van der Waals surface area (Å²) in [5.41, 5.74) is -2.13. The van der Waals surface area contributed by atoms with Crippen molar-refractivity contribution in [2.24, 2.45) is 0 Å². The Morgan fingerprint density at radius 1 is 1.39 bits per heavy atom. The number of carbonyl (C=O) groups is 2. The van der Waals surface area contributed by atoms with Crippen LogP contribution in [-0.2, 0) is 19.0 Å². The maximum absolute atomic E-state index is 11.6. The molecule has 1 amide bonds. The first-order valence-corrected chi connectivity index (χ1v) is 5.55. The number of alkyl carbamates (subject to hydrolysis) is 1. The van der Waals surface area contributed by atoms with Crippen LogP contribution in [0.5, 0.6) is 0 Å². The van der Waals surface area contributed by atoms with Gasteiger partial charge in [-0.15, -0.1) is 0 Å². The molecule has 1 atom stereocenters. The molecule has 2 N–H and O–H groups in total. The van der Waals surface area contributed by atoms with Gasteiger partial charge in [-0.1, -0.05) is 0 Å². The monoisotopic (exact) mass is 261 g/mol. The molecule has 0 aromatic heterocycles. The number of aliphatic hydroxyl groups is 1. The molecule has 0 bridgehead atoms. The van der Waals surface area contributed by atoms with E-state index in [2.05, 4.69) is 10.1 Å². The molecular weight excluding hydrogens is 242 g/mol. The van der Waals surface area contributed by atoms with Crippen molar-refractivity contribution in [1.29, 1.82) is 0 Å². The molecule has 1 saturated heterocycles. The molecule has 104 valence electrons. The summed E-state index contributed by atoms with van der Waals surface area (Å²) in [5, 5.41) is 12.3. The number of nitrogens with one attached hydrogen (secondary N) is 1. The first-order chi connectivity index (χ1) is 8.18. The molecule has 0 saturated carbocycles. The van der Waals surface area contributed by atoms with E-state index in [0.29, 0.717) is 0 Å². The predicted molar refractivity (Wildman–Crippen MR) is 60.9 cm³/mol. The van der Waals surface area contributed by atoms with E-state index in [9.17, 15) is 14.7 Å². The largest absolute Gasteiger partial charge is 0.467 e. The third kappa shape index (κ3) is 3.58. The highest BCUT2D eigenvalue weighted by molar-refractivity contribution is 5.83. The van der Waals surface area contributed by atoms with E-state index in [4.69, 9.17) is 9.47 Å². The van der Waals surface area contributed by atoms with Gasteiger partial charge in [0, 0.05) is 0 Å². The van der Waals surface area contributed by atoms with Crippen molar-refractivity contribution >= 4 is 12.1 Å². The Morgan fingerprint density at radius 3 is 2.28 bits per heavy atom. The molecule has 1 rings (SSSR count). The normalized spacial score (nSPS) is 19.4. The van der Waals surface area contributed by atoms with Gasteiger partial charge in [0.1, 0.15) is 11.2 Å². The highest BCUT2D eigenvalue weighted by Crippen LogP contribution is 2.22. The van der Waals surface area contributed by atoms with Gasteiger partial charge in [0.15, 0.2) is 6.04 Å². The third-order valence-electron chi connectivity index (χ3n) is 2.34. The minimum absolute atomic E-state index is 0.0391. The van der Waals surface area contributed by atoms with Gasteiger partial charge >= 0.3 is 12.1 Å². The molecule has 7 heteroatoms. The van der Waals surface area contributed by atoms with Crippen molar-refractivity contribution in [3.63, 3.8) is 0 Å². The van der Waals surface area contributed by atoms with Crippen LogP contribution in [0.3, 0.4) is 0 Å². The van der Waals surface area contributed by atoms with Crippen LogP contribution in [0.1, 0.15) is 20.8 Å². The molecule has 1 aliphatic heterocycles. The van der Waals surface area contributed by atoms with Crippen LogP contribution in [0, 0.1) is 0 Å². The highest BCUT2D eigenvalue weighted by atomic mass is 16.6. The summed E-state index contributed by atoms with van der Waals surface area (Å²) >= 11 is 0. The Bertz CT molecular complexity index is 331. The maximum atomic E-state index is 11.6. The molecular formula is C11H19NO6. The smallest absolute Gasteiger partial charge is 0.408 e. The number of carbonyl (C=O) groups excluding carboxylic acids is 2. The second-order valence-corrected chi connectivity index (χ2v) is 5.20. The molecule has 0 aromatic rings. The van der Waals surface area contributed by atoms with E-state index in [-0.39, 0.29) is 13.2 Å². The van der Waals surface area contributed by atoms with Crippen molar-refractivity contribution < 1.29 is 28.9 Å². The molecule has 1 unspecified atom stereocenters. The Morgan fingerprint density at radius 2 is 1.94 bits per heavy atom. The van der Waals surface area contributed by atoms with Crippen LogP contribution in [0.25, 0.3) is 0 Å². The number of hydrogen-bond acceptors (Lipinski definition) is 6. The van der Waals surface area contributed by atoms with Crippen LogP contribution >= 0.6 is 0 Å². The lowest BCUT2D eigenvalue weighted by Gasteiger charge is -2.41. The summed E-state index contributed by atoms with van der Waals surface area (Å²) in [6, 6.07) is -1.20. The van der Waals surface area contributed by atoms with E-state index in [1.807, 2.05) is 0 Å². The number of methoxy groups -OCH3 is 1. The van der Waals surface area contributed by atoms with E-state index in [0.717, 1.165) is 0 Å². The van der Waals surface area contributed by atoms with Gasteiger partial charge in [0.25, 0.3) is 0 Å². The number of amides is 1. The fourth-order valence-electron chi connectivity index (χ4n) is 1.43. The SMILES string of the molecule is COC(=O)C(NC(=O)OC(C)(C)C)C1(O)COC1. The van der Waals surface area contributed by atoms with Crippen molar-refractivity contribution in [2.45, 2.75) is 38.0 Å². The third-order valence-corrected chi connectivity index (χ3v) is 2.34. The van der Waals surface area contributed by atoms with Crippen molar-refractivity contribution in [2.75, 3.05) is 20.3 Å². The molecule has 7 nitrogen and oxygen atoms in total. The Labute approximate surface area is 105 Å². The first-order valence-electron chi connectivity index (χ1n) is 5.55. The Hall–Kier alpha value is -1.34. The minimum atomic E-state index is -1.44. The van der Waals surface area contributed by atoms with Crippen LogP contribution in [0.15, 0.2) is 0 Å². The lowest BCUT2D eigenvalue weighted by Crippen LogP contribution is -2.67. The highest BCUT2D eigenvalue weighted by Gasteiger charge is 2.49. The fraction of sp³-hybridized carbons (Fsp3) is 0.818. The summed E-state index contributed by atoms with van der Waals surface area (Å²) in [6.07, 6.45) is -0.793. The van der Waals surface area contributed by atoms with Gasteiger partial charge < -0.3 is 24.6 Å². The van der Waals surface area contributed by atoms with Crippen LogP contribution in [0.4, 0.5) is 4.79 Å². The summed E-state index contributed by atoms with van der Waals surface area (Å²) in [7, 11) is 1.18. The number of rotatable bonds is 3. The standard InChI is InChI=1S/C11H19NO6/c1-10(2,3)18-9(14)12-7(8(13)16-4)11(15)5-17-6-11/h7,15H,5-6H2,1-4H3,(H,12,14). The second-order valence-electron chi connectivity index (χ2n) is 5.20. The summed E-state index contributed by atoms with van der Waals surface area (Å²) in [4.78, 5) is 23.1. The first kappa shape index (κ1) is 14.7. The Balaban J connectivity index is 2.68. The minimum Gasteiger partial charge on any atom is -0.467 e. The van der Waals surface area contributed by atoms with Gasteiger partial charge in [-0.25, -0.2) is 9.59 Å². The molecule has 18 heavy (non-hydrogen) atoms. The van der Waals surface area contributed by atoms with E-state index in [1.165, 1.54) is 7.11 Å². The van der Waals surface area contributed by atoms with Gasteiger partial charge in [-0.3, -0.25) is 0 Å². The summed E-state index contributed by atoms with van der Waals surface area (Å²) in [5.74, 6) is -0.744. The molecule has 0 spiro atoms. The fourth-order valence-corrected chi connectivity index (χ4v) is 1.43. The maximum Gasteiger partial charge on any atom is 0.408 e. The predicted octanol–water partition coefficient (Wildman–Crippen LogP) is -0.186. The molecule has 1 aliphatic rings. The zero-order valence-electron chi connectivity index (χ0n) is 11.0. The molecule has 0 aliphatic carbocycles. The molecule has 0 radical (unpaired) electrons. The molecule has 0 aromatic carbocycles. The van der Waals surface area contributed by atoms with Crippen molar-refractivity contribution in [3.8, 4) is 0 Å².